The highest BCUT2D eigenvalue weighted by molar-refractivity contribution is 4.82. The van der Waals surface area contributed by atoms with Gasteiger partial charge in [0.1, 0.15) is 0 Å². The van der Waals surface area contributed by atoms with Gasteiger partial charge in [0.05, 0.1) is 12.2 Å². The second-order valence-electron chi connectivity index (χ2n) is 5.21. The third-order valence-corrected chi connectivity index (χ3v) is 3.87. The predicted molar refractivity (Wildman–Crippen MR) is 58.1 cm³/mol. The normalized spacial score (nSPS) is 43.3. The number of hydrogen-bond donors (Lipinski definition) is 1. The van der Waals surface area contributed by atoms with Gasteiger partial charge >= 0.3 is 0 Å². The molecule has 2 aliphatic carbocycles. The highest BCUT2D eigenvalue weighted by Gasteiger charge is 2.31. The Bertz CT molecular complexity index is 169. The summed E-state index contributed by atoms with van der Waals surface area (Å²) in [7, 11) is 0. The van der Waals surface area contributed by atoms with Crippen LogP contribution in [0.1, 0.15) is 45.4 Å². The minimum Gasteiger partial charge on any atom is -0.375 e. The zero-order valence-corrected chi connectivity index (χ0v) is 9.24. The van der Waals surface area contributed by atoms with E-state index in [1.54, 1.807) is 0 Å². The van der Waals surface area contributed by atoms with E-state index in [0.29, 0.717) is 12.2 Å². The Hall–Kier alpha value is -0.0800. The van der Waals surface area contributed by atoms with Crippen LogP contribution >= 0.6 is 0 Å². The van der Waals surface area contributed by atoms with Crippen molar-refractivity contribution < 1.29 is 4.74 Å². The highest BCUT2D eigenvalue weighted by Crippen LogP contribution is 2.33. The topological polar surface area (TPSA) is 35.2 Å². The fourth-order valence-corrected chi connectivity index (χ4v) is 2.62. The molecule has 82 valence electrons. The van der Waals surface area contributed by atoms with E-state index in [1.165, 1.54) is 38.5 Å². The maximum atomic E-state index is 6.05. The number of hydrogen-bond acceptors (Lipinski definition) is 2. The third-order valence-electron chi connectivity index (χ3n) is 3.87. The molecule has 2 nitrogen and oxygen atoms in total. The molecule has 2 heteroatoms. The van der Waals surface area contributed by atoms with Gasteiger partial charge in [-0.1, -0.05) is 6.92 Å². The lowest BCUT2D eigenvalue weighted by Gasteiger charge is -2.38. The molecule has 0 aromatic rings. The molecule has 2 N–H and O–H groups in total. The van der Waals surface area contributed by atoms with Gasteiger partial charge in [0.2, 0.25) is 0 Å². The van der Waals surface area contributed by atoms with Crippen molar-refractivity contribution in [2.75, 3.05) is 6.54 Å². The second-order valence-corrected chi connectivity index (χ2v) is 5.21. The first-order valence-corrected chi connectivity index (χ1v) is 6.13. The Labute approximate surface area is 87.2 Å². The molecule has 14 heavy (non-hydrogen) atoms. The lowest BCUT2D eigenvalue weighted by molar-refractivity contribution is -0.0882. The molecule has 0 atom stereocenters. The summed E-state index contributed by atoms with van der Waals surface area (Å²) in [5, 5.41) is 0. The third kappa shape index (κ3) is 2.48. The largest absolute Gasteiger partial charge is 0.375 e. The van der Waals surface area contributed by atoms with Crippen molar-refractivity contribution in [2.24, 2.45) is 17.6 Å². The summed E-state index contributed by atoms with van der Waals surface area (Å²) in [6.07, 6.45) is 8.81. The minimum atomic E-state index is 0.543. The Morgan fingerprint density at radius 3 is 2.29 bits per heavy atom. The van der Waals surface area contributed by atoms with Crippen molar-refractivity contribution in [3.05, 3.63) is 0 Å². The van der Waals surface area contributed by atoms with E-state index < -0.39 is 0 Å². The van der Waals surface area contributed by atoms with Crippen molar-refractivity contribution >= 4 is 0 Å². The molecule has 0 aliphatic heterocycles. The van der Waals surface area contributed by atoms with Crippen LogP contribution in [0.15, 0.2) is 0 Å². The summed E-state index contributed by atoms with van der Waals surface area (Å²) >= 11 is 0. The quantitative estimate of drug-likeness (QED) is 0.753. The molecular weight excluding hydrogens is 174 g/mol. The number of ether oxygens (including phenoxy) is 1. The van der Waals surface area contributed by atoms with Crippen LogP contribution in [-0.4, -0.2) is 18.8 Å². The SMILES string of the molecule is CC1CCC(OC2CC(CN)C2)CC1. The Morgan fingerprint density at radius 2 is 1.71 bits per heavy atom. The van der Waals surface area contributed by atoms with Gasteiger partial charge in [0.15, 0.2) is 0 Å². The first-order chi connectivity index (χ1) is 6.78. The molecule has 0 bridgehead atoms. The van der Waals surface area contributed by atoms with E-state index in [4.69, 9.17) is 10.5 Å². The fraction of sp³-hybridized carbons (Fsp3) is 1.00. The minimum absolute atomic E-state index is 0.543. The predicted octanol–water partition coefficient (Wildman–Crippen LogP) is 2.32. The van der Waals surface area contributed by atoms with E-state index in [1.807, 2.05) is 0 Å². The van der Waals surface area contributed by atoms with Crippen molar-refractivity contribution in [3.8, 4) is 0 Å². The number of nitrogens with two attached hydrogens (primary N) is 1. The first-order valence-electron chi connectivity index (χ1n) is 6.13. The molecule has 0 aromatic carbocycles. The van der Waals surface area contributed by atoms with Gasteiger partial charge in [-0.2, -0.15) is 0 Å². The molecule has 0 amide bonds. The smallest absolute Gasteiger partial charge is 0.0585 e. The van der Waals surface area contributed by atoms with E-state index in [9.17, 15) is 0 Å². The average Bonchev–Trinajstić information content (AvgIpc) is 2.13. The van der Waals surface area contributed by atoms with Gasteiger partial charge in [-0.05, 0) is 56.9 Å². The van der Waals surface area contributed by atoms with Crippen LogP contribution in [0.4, 0.5) is 0 Å². The van der Waals surface area contributed by atoms with Gasteiger partial charge in [-0.3, -0.25) is 0 Å². The molecule has 0 spiro atoms. The summed E-state index contributed by atoms with van der Waals surface area (Å²) in [4.78, 5) is 0. The number of rotatable bonds is 3. The molecule has 0 radical (unpaired) electrons. The Morgan fingerprint density at radius 1 is 1.07 bits per heavy atom. The zero-order valence-electron chi connectivity index (χ0n) is 9.24. The van der Waals surface area contributed by atoms with Crippen LogP contribution in [0.3, 0.4) is 0 Å². The van der Waals surface area contributed by atoms with Crippen molar-refractivity contribution in [1.82, 2.24) is 0 Å². The first kappa shape index (κ1) is 10.4. The molecule has 2 fully saturated rings. The van der Waals surface area contributed by atoms with Gasteiger partial charge in [0, 0.05) is 0 Å². The van der Waals surface area contributed by atoms with Crippen molar-refractivity contribution in [1.29, 1.82) is 0 Å². The summed E-state index contributed by atoms with van der Waals surface area (Å²) in [5.74, 6) is 1.68. The Kier molecular flexibility index (Phi) is 3.45. The zero-order chi connectivity index (χ0) is 9.97. The van der Waals surface area contributed by atoms with Gasteiger partial charge in [0.25, 0.3) is 0 Å². The average molecular weight is 197 g/mol. The lowest BCUT2D eigenvalue weighted by atomic mass is 9.81. The molecule has 2 saturated carbocycles. The fourth-order valence-electron chi connectivity index (χ4n) is 2.62. The molecule has 0 heterocycles. The molecule has 0 saturated heterocycles. The van der Waals surface area contributed by atoms with Crippen LogP contribution < -0.4 is 5.73 Å². The summed E-state index contributed by atoms with van der Waals surface area (Å²) in [6, 6.07) is 0. The van der Waals surface area contributed by atoms with E-state index >= 15 is 0 Å². The molecule has 2 aliphatic rings. The van der Waals surface area contributed by atoms with Crippen molar-refractivity contribution in [3.63, 3.8) is 0 Å². The molecule has 0 unspecified atom stereocenters. The van der Waals surface area contributed by atoms with Crippen molar-refractivity contribution in [2.45, 2.75) is 57.7 Å². The van der Waals surface area contributed by atoms with E-state index in [2.05, 4.69) is 6.92 Å². The van der Waals surface area contributed by atoms with Crippen LogP contribution in [-0.2, 0) is 4.74 Å². The van der Waals surface area contributed by atoms with E-state index in [-0.39, 0.29) is 0 Å². The summed E-state index contributed by atoms with van der Waals surface area (Å²) in [5.41, 5.74) is 5.59. The molecular formula is C12H23NO. The Balaban J connectivity index is 1.62. The maximum absolute atomic E-state index is 6.05. The molecule has 2 rings (SSSR count). The standard InChI is InChI=1S/C12H23NO/c1-9-2-4-11(5-3-9)14-12-6-10(7-12)8-13/h9-12H,2-8,13H2,1H3. The van der Waals surface area contributed by atoms with Crippen LogP contribution in [0, 0.1) is 11.8 Å². The monoisotopic (exact) mass is 197 g/mol. The van der Waals surface area contributed by atoms with Gasteiger partial charge < -0.3 is 10.5 Å². The van der Waals surface area contributed by atoms with Crippen LogP contribution in [0.25, 0.3) is 0 Å². The van der Waals surface area contributed by atoms with Gasteiger partial charge in [-0.25, -0.2) is 0 Å². The molecule has 0 aromatic heterocycles. The summed E-state index contributed by atoms with van der Waals surface area (Å²) < 4.78 is 6.05. The summed E-state index contributed by atoms with van der Waals surface area (Å²) in [6.45, 7) is 3.20. The van der Waals surface area contributed by atoms with Crippen LogP contribution in [0.5, 0.6) is 0 Å². The van der Waals surface area contributed by atoms with E-state index in [0.717, 1.165) is 18.4 Å². The lowest BCUT2D eigenvalue weighted by Crippen LogP contribution is -2.39. The highest BCUT2D eigenvalue weighted by atomic mass is 16.5. The second kappa shape index (κ2) is 4.63. The maximum Gasteiger partial charge on any atom is 0.0585 e. The van der Waals surface area contributed by atoms with Gasteiger partial charge in [-0.15, -0.1) is 0 Å². The van der Waals surface area contributed by atoms with Crippen LogP contribution in [0.2, 0.25) is 0 Å².